The van der Waals surface area contributed by atoms with Crippen molar-refractivity contribution in [1.82, 2.24) is 15.1 Å². The second kappa shape index (κ2) is 5.67. The van der Waals surface area contributed by atoms with Crippen molar-refractivity contribution < 1.29 is 0 Å². The first-order valence-electron chi connectivity index (χ1n) is 5.40. The van der Waals surface area contributed by atoms with Crippen LogP contribution in [0.15, 0.2) is 35.1 Å². The highest BCUT2D eigenvalue weighted by Gasteiger charge is 2.06. The highest BCUT2D eigenvalue weighted by molar-refractivity contribution is 9.10. The molecule has 0 aliphatic rings. The number of benzene rings is 1. The summed E-state index contributed by atoms with van der Waals surface area (Å²) in [6, 6.07) is 5.82. The summed E-state index contributed by atoms with van der Waals surface area (Å²) in [6.07, 6.45) is 3.70. The molecule has 0 amide bonds. The normalized spacial score (nSPS) is 10.8. The fourth-order valence-corrected chi connectivity index (χ4v) is 2.09. The molecule has 2 aromatic rings. The molecular weight excluding hydrogens is 302 g/mol. The highest BCUT2D eigenvalue weighted by atomic mass is 79.9. The van der Waals surface area contributed by atoms with Gasteiger partial charge < -0.3 is 5.32 Å². The fraction of sp³-hybridized carbons (Fsp3) is 0.250. The van der Waals surface area contributed by atoms with Crippen LogP contribution in [0.4, 0.5) is 0 Å². The Balaban J connectivity index is 2.38. The fourth-order valence-electron chi connectivity index (χ4n) is 1.61. The second-order valence-electron chi connectivity index (χ2n) is 3.66. The van der Waals surface area contributed by atoms with Crippen molar-refractivity contribution in [3.63, 3.8) is 0 Å². The van der Waals surface area contributed by atoms with Gasteiger partial charge in [-0.05, 0) is 46.2 Å². The molecule has 0 fully saturated rings. The van der Waals surface area contributed by atoms with Crippen LogP contribution in [-0.4, -0.2) is 16.3 Å². The third-order valence-electron chi connectivity index (χ3n) is 2.40. The monoisotopic (exact) mass is 313 g/mol. The minimum absolute atomic E-state index is 0.743. The molecule has 0 unspecified atom stereocenters. The largest absolute Gasteiger partial charge is 0.313 e. The molecule has 0 saturated heterocycles. The first-order valence-corrected chi connectivity index (χ1v) is 6.57. The van der Waals surface area contributed by atoms with E-state index >= 15 is 0 Å². The number of nitrogens with zero attached hydrogens (tertiary/aromatic N) is 2. The first-order chi connectivity index (χ1) is 8.20. The zero-order chi connectivity index (χ0) is 12.3. The van der Waals surface area contributed by atoms with Crippen molar-refractivity contribution in [2.45, 2.75) is 13.5 Å². The van der Waals surface area contributed by atoms with Crippen LogP contribution in [0.1, 0.15) is 12.5 Å². The summed E-state index contributed by atoms with van der Waals surface area (Å²) < 4.78 is 2.80. The van der Waals surface area contributed by atoms with Crippen LogP contribution in [-0.2, 0) is 6.54 Å². The Morgan fingerprint density at radius 3 is 2.94 bits per heavy atom. The smallest absolute Gasteiger partial charge is 0.0691 e. The Labute approximate surface area is 114 Å². The SMILES string of the molecule is CCNCc1cc(Cl)ccc1-n1cc(Br)cn1. The molecule has 0 aliphatic carbocycles. The lowest BCUT2D eigenvalue weighted by atomic mass is 10.2. The van der Waals surface area contributed by atoms with E-state index in [2.05, 4.69) is 33.3 Å². The molecule has 1 aromatic heterocycles. The zero-order valence-electron chi connectivity index (χ0n) is 9.45. The summed E-state index contributed by atoms with van der Waals surface area (Å²) >= 11 is 9.42. The van der Waals surface area contributed by atoms with Crippen LogP contribution in [0.5, 0.6) is 0 Å². The number of halogens is 2. The molecule has 17 heavy (non-hydrogen) atoms. The van der Waals surface area contributed by atoms with Gasteiger partial charge in [0.05, 0.1) is 16.4 Å². The van der Waals surface area contributed by atoms with Crippen LogP contribution < -0.4 is 5.32 Å². The number of aromatic nitrogens is 2. The summed E-state index contributed by atoms with van der Waals surface area (Å²) in [5.74, 6) is 0. The Bertz CT molecular complexity index is 510. The average molecular weight is 315 g/mol. The first kappa shape index (κ1) is 12.6. The molecule has 1 N–H and O–H groups in total. The molecule has 0 bridgehead atoms. The van der Waals surface area contributed by atoms with Crippen LogP contribution in [0.2, 0.25) is 5.02 Å². The maximum atomic E-state index is 6.02. The van der Waals surface area contributed by atoms with Crippen LogP contribution in [0, 0.1) is 0 Å². The Kier molecular flexibility index (Phi) is 4.20. The molecule has 5 heteroatoms. The number of rotatable bonds is 4. The van der Waals surface area contributed by atoms with Gasteiger partial charge in [-0.15, -0.1) is 0 Å². The molecule has 2 rings (SSSR count). The van der Waals surface area contributed by atoms with Gasteiger partial charge in [-0.1, -0.05) is 18.5 Å². The molecule has 0 atom stereocenters. The lowest BCUT2D eigenvalue weighted by Gasteiger charge is -2.10. The molecule has 90 valence electrons. The van der Waals surface area contributed by atoms with Crippen LogP contribution >= 0.6 is 27.5 Å². The summed E-state index contributed by atoms with van der Waals surface area (Å²) in [7, 11) is 0. The Hall–Kier alpha value is -0.840. The quantitative estimate of drug-likeness (QED) is 0.937. The highest BCUT2D eigenvalue weighted by Crippen LogP contribution is 2.20. The average Bonchev–Trinajstić information content (AvgIpc) is 2.73. The minimum Gasteiger partial charge on any atom is -0.313 e. The molecule has 1 heterocycles. The van der Waals surface area contributed by atoms with Gasteiger partial charge in [-0.3, -0.25) is 0 Å². The van der Waals surface area contributed by atoms with Gasteiger partial charge in [0.1, 0.15) is 0 Å². The summed E-state index contributed by atoms with van der Waals surface area (Å²) in [6.45, 7) is 3.79. The van der Waals surface area contributed by atoms with Gasteiger partial charge in [-0.2, -0.15) is 5.10 Å². The van der Waals surface area contributed by atoms with E-state index in [1.807, 2.05) is 29.1 Å². The van der Waals surface area contributed by atoms with Crippen molar-refractivity contribution >= 4 is 27.5 Å². The van der Waals surface area contributed by atoms with E-state index in [-0.39, 0.29) is 0 Å². The van der Waals surface area contributed by atoms with Gasteiger partial charge in [-0.25, -0.2) is 4.68 Å². The van der Waals surface area contributed by atoms with Crippen LogP contribution in [0.25, 0.3) is 5.69 Å². The summed E-state index contributed by atoms with van der Waals surface area (Å²) in [5, 5.41) is 8.32. The van der Waals surface area contributed by atoms with Gasteiger partial charge in [0.15, 0.2) is 0 Å². The number of hydrogen-bond donors (Lipinski definition) is 1. The van der Waals surface area contributed by atoms with Crippen molar-refractivity contribution in [1.29, 1.82) is 0 Å². The van der Waals surface area contributed by atoms with E-state index in [0.29, 0.717) is 0 Å². The van der Waals surface area contributed by atoms with Gasteiger partial charge in [0.25, 0.3) is 0 Å². The Morgan fingerprint density at radius 2 is 2.29 bits per heavy atom. The van der Waals surface area contributed by atoms with Gasteiger partial charge >= 0.3 is 0 Å². The number of nitrogens with one attached hydrogen (secondary N) is 1. The van der Waals surface area contributed by atoms with Crippen LogP contribution in [0.3, 0.4) is 0 Å². The third-order valence-corrected chi connectivity index (χ3v) is 3.05. The van der Waals surface area contributed by atoms with E-state index in [4.69, 9.17) is 11.6 Å². The molecular formula is C12H13BrClN3. The van der Waals surface area contributed by atoms with E-state index < -0.39 is 0 Å². The maximum absolute atomic E-state index is 6.02. The van der Waals surface area contributed by atoms with E-state index in [1.54, 1.807) is 6.20 Å². The predicted octanol–water partition coefficient (Wildman–Crippen LogP) is 3.40. The van der Waals surface area contributed by atoms with Crippen molar-refractivity contribution in [3.05, 3.63) is 45.7 Å². The molecule has 3 nitrogen and oxygen atoms in total. The van der Waals surface area contributed by atoms with Gasteiger partial charge in [0, 0.05) is 17.8 Å². The van der Waals surface area contributed by atoms with E-state index in [1.165, 1.54) is 0 Å². The molecule has 0 radical (unpaired) electrons. The lowest BCUT2D eigenvalue weighted by Crippen LogP contribution is -2.14. The zero-order valence-corrected chi connectivity index (χ0v) is 11.8. The maximum Gasteiger partial charge on any atom is 0.0691 e. The molecule has 0 saturated carbocycles. The lowest BCUT2D eigenvalue weighted by molar-refractivity contribution is 0.717. The summed E-state index contributed by atoms with van der Waals surface area (Å²) in [5.41, 5.74) is 2.18. The molecule has 0 spiro atoms. The van der Waals surface area contributed by atoms with E-state index in [9.17, 15) is 0 Å². The summed E-state index contributed by atoms with van der Waals surface area (Å²) in [4.78, 5) is 0. The minimum atomic E-state index is 0.743. The molecule has 1 aromatic carbocycles. The van der Waals surface area contributed by atoms with Crippen molar-refractivity contribution in [3.8, 4) is 5.69 Å². The standard InChI is InChI=1S/C12H13BrClN3/c1-2-15-6-9-5-11(14)3-4-12(9)17-8-10(13)7-16-17/h3-5,7-8,15H,2,6H2,1H3. The number of hydrogen-bond acceptors (Lipinski definition) is 2. The van der Waals surface area contributed by atoms with Crippen molar-refractivity contribution in [2.75, 3.05) is 6.54 Å². The van der Waals surface area contributed by atoms with Gasteiger partial charge in [0.2, 0.25) is 0 Å². The predicted molar refractivity (Wildman–Crippen MR) is 73.7 cm³/mol. The Morgan fingerprint density at radius 1 is 1.47 bits per heavy atom. The second-order valence-corrected chi connectivity index (χ2v) is 5.01. The topological polar surface area (TPSA) is 29.9 Å². The van der Waals surface area contributed by atoms with Crippen molar-refractivity contribution in [2.24, 2.45) is 0 Å². The molecule has 0 aliphatic heterocycles. The van der Waals surface area contributed by atoms with E-state index in [0.717, 1.165) is 33.8 Å². The third kappa shape index (κ3) is 3.09.